The SMILES string of the molecule is CC1=CC(C)CC(CN[C@@H](C)c2cccc(Cl)c2)C1. The van der Waals surface area contributed by atoms with Gasteiger partial charge in [-0.2, -0.15) is 0 Å². The molecule has 2 unspecified atom stereocenters. The van der Waals surface area contributed by atoms with Gasteiger partial charge in [-0.05, 0) is 62.8 Å². The molecule has 2 rings (SSSR count). The van der Waals surface area contributed by atoms with Crippen molar-refractivity contribution in [3.8, 4) is 0 Å². The molecule has 0 spiro atoms. The van der Waals surface area contributed by atoms with Crippen LogP contribution < -0.4 is 5.32 Å². The van der Waals surface area contributed by atoms with Crippen molar-refractivity contribution in [1.82, 2.24) is 5.32 Å². The highest BCUT2D eigenvalue weighted by atomic mass is 35.5. The van der Waals surface area contributed by atoms with Crippen molar-refractivity contribution >= 4 is 11.6 Å². The number of rotatable bonds is 4. The number of nitrogens with one attached hydrogen (secondary N) is 1. The molecule has 1 aromatic rings. The van der Waals surface area contributed by atoms with Crippen molar-refractivity contribution in [2.24, 2.45) is 11.8 Å². The molecule has 0 heterocycles. The monoisotopic (exact) mass is 277 g/mol. The average molecular weight is 278 g/mol. The lowest BCUT2D eigenvalue weighted by atomic mass is 9.83. The van der Waals surface area contributed by atoms with Crippen LogP contribution in [-0.2, 0) is 0 Å². The third-order valence-corrected chi connectivity index (χ3v) is 4.18. The first-order valence-electron chi connectivity index (χ1n) is 7.20. The molecule has 0 aliphatic heterocycles. The lowest BCUT2D eigenvalue weighted by Crippen LogP contribution is -2.28. The number of benzene rings is 1. The highest BCUT2D eigenvalue weighted by Crippen LogP contribution is 2.28. The summed E-state index contributed by atoms with van der Waals surface area (Å²) < 4.78 is 0. The molecule has 2 heteroatoms. The Morgan fingerprint density at radius 2 is 2.21 bits per heavy atom. The van der Waals surface area contributed by atoms with Gasteiger partial charge in [0.25, 0.3) is 0 Å². The molecule has 1 aliphatic carbocycles. The van der Waals surface area contributed by atoms with Gasteiger partial charge < -0.3 is 5.32 Å². The minimum absolute atomic E-state index is 0.361. The summed E-state index contributed by atoms with van der Waals surface area (Å²) in [6.07, 6.45) is 4.95. The van der Waals surface area contributed by atoms with E-state index in [1.54, 1.807) is 5.57 Å². The molecule has 0 radical (unpaired) electrons. The van der Waals surface area contributed by atoms with Crippen LogP contribution in [-0.4, -0.2) is 6.54 Å². The van der Waals surface area contributed by atoms with E-state index in [0.717, 1.165) is 23.4 Å². The van der Waals surface area contributed by atoms with Crippen LogP contribution in [0.1, 0.15) is 45.2 Å². The lowest BCUT2D eigenvalue weighted by molar-refractivity contribution is 0.367. The fraction of sp³-hybridized carbons (Fsp3) is 0.529. The van der Waals surface area contributed by atoms with Crippen LogP contribution in [0, 0.1) is 11.8 Å². The highest BCUT2D eigenvalue weighted by molar-refractivity contribution is 6.30. The zero-order valence-corrected chi connectivity index (χ0v) is 12.9. The topological polar surface area (TPSA) is 12.0 Å². The van der Waals surface area contributed by atoms with Crippen LogP contribution in [0.4, 0.5) is 0 Å². The molecule has 0 bridgehead atoms. The van der Waals surface area contributed by atoms with Gasteiger partial charge in [0.15, 0.2) is 0 Å². The van der Waals surface area contributed by atoms with Gasteiger partial charge in [-0.1, -0.05) is 42.3 Å². The standard InChI is InChI=1S/C17H24ClN/c1-12-7-13(2)9-15(8-12)11-19-14(3)16-5-4-6-17(18)10-16/h4-7,10,12,14-15,19H,8-9,11H2,1-3H3/t12?,14-,15?/m0/s1. The Morgan fingerprint density at radius 1 is 1.42 bits per heavy atom. The molecule has 0 amide bonds. The Bertz CT molecular complexity index is 452. The molecule has 0 fully saturated rings. The average Bonchev–Trinajstić information content (AvgIpc) is 2.35. The highest BCUT2D eigenvalue weighted by Gasteiger charge is 2.18. The predicted octanol–water partition coefficient (Wildman–Crippen LogP) is 4.98. The van der Waals surface area contributed by atoms with E-state index in [1.807, 2.05) is 18.2 Å². The third kappa shape index (κ3) is 4.36. The van der Waals surface area contributed by atoms with Crippen LogP contribution in [0.3, 0.4) is 0 Å². The van der Waals surface area contributed by atoms with Crippen molar-refractivity contribution in [3.63, 3.8) is 0 Å². The first kappa shape index (κ1) is 14.6. The van der Waals surface area contributed by atoms with E-state index >= 15 is 0 Å². The Labute approximate surface area is 122 Å². The van der Waals surface area contributed by atoms with Gasteiger partial charge in [-0.3, -0.25) is 0 Å². The van der Waals surface area contributed by atoms with Gasteiger partial charge in [0.2, 0.25) is 0 Å². The van der Waals surface area contributed by atoms with Crippen LogP contribution in [0.25, 0.3) is 0 Å². The fourth-order valence-electron chi connectivity index (χ4n) is 3.08. The molecule has 0 saturated carbocycles. The van der Waals surface area contributed by atoms with E-state index in [9.17, 15) is 0 Å². The zero-order chi connectivity index (χ0) is 13.8. The largest absolute Gasteiger partial charge is 0.310 e. The second-order valence-electron chi connectivity index (χ2n) is 5.98. The Hall–Kier alpha value is -0.790. The van der Waals surface area contributed by atoms with Gasteiger partial charge in [0.05, 0.1) is 0 Å². The maximum absolute atomic E-state index is 6.04. The van der Waals surface area contributed by atoms with Crippen molar-refractivity contribution in [1.29, 1.82) is 0 Å². The molecule has 3 atom stereocenters. The summed E-state index contributed by atoms with van der Waals surface area (Å²) in [5.41, 5.74) is 2.81. The van der Waals surface area contributed by atoms with Crippen LogP contribution >= 0.6 is 11.6 Å². The minimum atomic E-state index is 0.361. The summed E-state index contributed by atoms with van der Waals surface area (Å²) in [4.78, 5) is 0. The van der Waals surface area contributed by atoms with Crippen LogP contribution in [0.2, 0.25) is 5.02 Å². The van der Waals surface area contributed by atoms with Crippen LogP contribution in [0.15, 0.2) is 35.9 Å². The van der Waals surface area contributed by atoms with E-state index in [1.165, 1.54) is 18.4 Å². The van der Waals surface area contributed by atoms with E-state index in [-0.39, 0.29) is 0 Å². The maximum Gasteiger partial charge on any atom is 0.0409 e. The zero-order valence-electron chi connectivity index (χ0n) is 12.1. The summed E-state index contributed by atoms with van der Waals surface area (Å²) >= 11 is 6.04. The second kappa shape index (κ2) is 6.58. The summed E-state index contributed by atoms with van der Waals surface area (Å²) in [5, 5.41) is 4.47. The number of halogens is 1. The maximum atomic E-state index is 6.04. The van der Waals surface area contributed by atoms with Crippen molar-refractivity contribution in [2.75, 3.05) is 6.54 Å². The summed E-state index contributed by atoms with van der Waals surface area (Å²) in [6, 6.07) is 8.49. The van der Waals surface area contributed by atoms with Gasteiger partial charge in [-0.15, -0.1) is 0 Å². The summed E-state index contributed by atoms with van der Waals surface area (Å²) in [7, 11) is 0. The molecule has 19 heavy (non-hydrogen) atoms. The summed E-state index contributed by atoms with van der Waals surface area (Å²) in [6.45, 7) is 7.86. The van der Waals surface area contributed by atoms with Crippen molar-refractivity contribution in [2.45, 2.75) is 39.7 Å². The molecule has 1 aliphatic rings. The van der Waals surface area contributed by atoms with Crippen LogP contribution in [0.5, 0.6) is 0 Å². The lowest BCUT2D eigenvalue weighted by Gasteiger charge is -2.27. The summed E-state index contributed by atoms with van der Waals surface area (Å²) in [5.74, 6) is 1.49. The molecular formula is C17H24ClN. The fourth-order valence-corrected chi connectivity index (χ4v) is 3.28. The molecule has 104 valence electrons. The van der Waals surface area contributed by atoms with Gasteiger partial charge in [0, 0.05) is 11.1 Å². The third-order valence-electron chi connectivity index (χ3n) is 3.95. The second-order valence-corrected chi connectivity index (χ2v) is 6.42. The Balaban J connectivity index is 1.87. The number of hydrogen-bond acceptors (Lipinski definition) is 1. The van der Waals surface area contributed by atoms with Crippen molar-refractivity contribution < 1.29 is 0 Å². The van der Waals surface area contributed by atoms with E-state index in [2.05, 4.69) is 38.2 Å². The van der Waals surface area contributed by atoms with Gasteiger partial charge in [-0.25, -0.2) is 0 Å². The molecule has 1 aromatic carbocycles. The van der Waals surface area contributed by atoms with Crippen molar-refractivity contribution in [3.05, 3.63) is 46.5 Å². The minimum Gasteiger partial charge on any atom is -0.310 e. The Morgan fingerprint density at radius 3 is 2.89 bits per heavy atom. The number of allylic oxidation sites excluding steroid dienone is 2. The predicted molar refractivity (Wildman–Crippen MR) is 83.5 cm³/mol. The first-order valence-corrected chi connectivity index (χ1v) is 7.58. The molecule has 0 aromatic heterocycles. The van der Waals surface area contributed by atoms with E-state index < -0.39 is 0 Å². The quantitative estimate of drug-likeness (QED) is 0.765. The van der Waals surface area contributed by atoms with E-state index in [0.29, 0.717) is 6.04 Å². The molecule has 0 saturated heterocycles. The smallest absolute Gasteiger partial charge is 0.0409 e. The van der Waals surface area contributed by atoms with Gasteiger partial charge >= 0.3 is 0 Å². The van der Waals surface area contributed by atoms with Gasteiger partial charge in [0.1, 0.15) is 0 Å². The first-order chi connectivity index (χ1) is 9.04. The van der Waals surface area contributed by atoms with E-state index in [4.69, 9.17) is 11.6 Å². The molecular weight excluding hydrogens is 254 g/mol. The number of hydrogen-bond donors (Lipinski definition) is 1. The molecule has 1 N–H and O–H groups in total. The molecule has 1 nitrogen and oxygen atoms in total. The normalized spacial score (nSPS) is 24.9. The Kier molecular flexibility index (Phi) is 5.06.